The molecule has 1 atom stereocenters. The van der Waals surface area contributed by atoms with Crippen LogP contribution in [0.5, 0.6) is 0 Å². The van der Waals surface area contributed by atoms with E-state index in [1.54, 1.807) is 13.0 Å². The number of benzene rings is 1. The Labute approximate surface area is 163 Å². The summed E-state index contributed by atoms with van der Waals surface area (Å²) in [5.41, 5.74) is 2.32. The molecule has 136 valence electrons. The van der Waals surface area contributed by atoms with Gasteiger partial charge in [-0.2, -0.15) is 5.10 Å². The molecule has 0 saturated heterocycles. The number of fused-ring (bicyclic) bond motifs is 1. The van der Waals surface area contributed by atoms with E-state index in [2.05, 4.69) is 15.4 Å². The fourth-order valence-electron chi connectivity index (χ4n) is 2.66. The molecule has 8 heteroatoms. The van der Waals surface area contributed by atoms with Crippen LogP contribution in [-0.4, -0.2) is 20.7 Å². The summed E-state index contributed by atoms with van der Waals surface area (Å²) >= 11 is 2.94. The molecule has 1 N–H and O–H groups in total. The van der Waals surface area contributed by atoms with E-state index in [0.717, 1.165) is 20.7 Å². The molecular formula is C19H16N4O2S2. The molecule has 0 radical (unpaired) electrons. The lowest BCUT2D eigenvalue weighted by Crippen LogP contribution is -2.33. The molecule has 6 nitrogen and oxygen atoms in total. The highest BCUT2D eigenvalue weighted by atomic mass is 32.1. The molecule has 1 amide bonds. The van der Waals surface area contributed by atoms with E-state index in [1.165, 1.54) is 33.4 Å². The summed E-state index contributed by atoms with van der Waals surface area (Å²) in [5, 5.41) is 9.62. The number of rotatable bonds is 4. The Balaban J connectivity index is 1.60. The topological polar surface area (TPSA) is 76.9 Å². The number of nitrogens with one attached hydrogen (secondary N) is 1. The molecule has 27 heavy (non-hydrogen) atoms. The minimum absolute atomic E-state index is 0.321. The number of nitrogens with zero attached hydrogens (tertiary/aromatic N) is 3. The van der Waals surface area contributed by atoms with Crippen LogP contribution >= 0.6 is 22.7 Å². The Morgan fingerprint density at radius 1 is 1.22 bits per heavy atom. The van der Waals surface area contributed by atoms with Crippen molar-refractivity contribution in [3.8, 4) is 10.6 Å². The molecule has 4 rings (SSSR count). The first kappa shape index (κ1) is 17.6. The number of hydrogen-bond donors (Lipinski definition) is 1. The Bertz CT molecular complexity index is 1180. The van der Waals surface area contributed by atoms with Crippen LogP contribution in [0.1, 0.15) is 18.5 Å². The minimum atomic E-state index is -0.758. The molecular weight excluding hydrogens is 380 g/mol. The second kappa shape index (κ2) is 7.05. The van der Waals surface area contributed by atoms with Gasteiger partial charge in [0.05, 0.1) is 15.1 Å². The molecule has 0 saturated carbocycles. The first-order valence-corrected chi connectivity index (χ1v) is 10.0. The Morgan fingerprint density at radius 2 is 2.07 bits per heavy atom. The van der Waals surface area contributed by atoms with Crippen molar-refractivity contribution in [3.63, 3.8) is 0 Å². The van der Waals surface area contributed by atoms with Crippen LogP contribution in [0.4, 0.5) is 5.13 Å². The van der Waals surface area contributed by atoms with Crippen molar-refractivity contribution in [3.05, 3.63) is 63.8 Å². The summed E-state index contributed by atoms with van der Waals surface area (Å²) in [7, 11) is 0. The number of aromatic nitrogens is 3. The zero-order valence-electron chi connectivity index (χ0n) is 14.7. The van der Waals surface area contributed by atoms with Crippen molar-refractivity contribution in [2.75, 3.05) is 5.32 Å². The van der Waals surface area contributed by atoms with E-state index in [0.29, 0.717) is 10.8 Å². The van der Waals surface area contributed by atoms with Gasteiger partial charge in [0.15, 0.2) is 5.13 Å². The highest BCUT2D eigenvalue weighted by molar-refractivity contribution is 7.22. The van der Waals surface area contributed by atoms with Crippen LogP contribution in [0.3, 0.4) is 0 Å². The molecule has 0 spiro atoms. The minimum Gasteiger partial charge on any atom is -0.300 e. The molecule has 0 aliphatic heterocycles. The van der Waals surface area contributed by atoms with E-state index >= 15 is 0 Å². The zero-order valence-corrected chi connectivity index (χ0v) is 16.3. The lowest BCUT2D eigenvalue weighted by atomic mass is 10.2. The van der Waals surface area contributed by atoms with Gasteiger partial charge in [-0.3, -0.25) is 9.59 Å². The van der Waals surface area contributed by atoms with E-state index in [4.69, 9.17) is 0 Å². The summed E-state index contributed by atoms with van der Waals surface area (Å²) in [4.78, 5) is 30.3. The van der Waals surface area contributed by atoms with Gasteiger partial charge in [-0.1, -0.05) is 23.5 Å². The average Bonchev–Trinajstić information content (AvgIpc) is 3.30. The summed E-state index contributed by atoms with van der Waals surface area (Å²) in [6.45, 7) is 3.66. The maximum atomic E-state index is 12.7. The number of hydrogen-bond acceptors (Lipinski definition) is 6. The number of amides is 1. The van der Waals surface area contributed by atoms with Gasteiger partial charge >= 0.3 is 0 Å². The second-order valence-corrected chi connectivity index (χ2v) is 8.11. The average molecular weight is 396 g/mol. The Kier molecular flexibility index (Phi) is 4.59. The third kappa shape index (κ3) is 3.54. The van der Waals surface area contributed by atoms with E-state index in [1.807, 2.05) is 42.6 Å². The number of thiophene rings is 1. The first-order valence-electron chi connectivity index (χ1n) is 8.33. The van der Waals surface area contributed by atoms with Crippen LogP contribution in [0.15, 0.2) is 52.6 Å². The quantitative estimate of drug-likeness (QED) is 0.564. The van der Waals surface area contributed by atoms with Gasteiger partial charge in [0.1, 0.15) is 11.7 Å². The van der Waals surface area contributed by atoms with Crippen LogP contribution in [0, 0.1) is 6.92 Å². The fourth-order valence-corrected chi connectivity index (χ4v) is 4.32. The molecule has 0 aliphatic carbocycles. The van der Waals surface area contributed by atoms with Crippen LogP contribution in [0.2, 0.25) is 0 Å². The SMILES string of the molecule is Cc1ccc2nc(NC(=O)C(C)n3nc(-c4cccs4)ccc3=O)sc2c1. The molecule has 0 fully saturated rings. The van der Waals surface area contributed by atoms with Crippen molar-refractivity contribution in [2.24, 2.45) is 0 Å². The standard InChI is InChI=1S/C19H16N4O2S2/c1-11-5-6-13-16(10-11)27-19(20-13)21-18(25)12(2)23-17(24)8-7-14(22-23)15-4-3-9-26-15/h3-10,12H,1-2H3,(H,20,21,25). The van der Waals surface area contributed by atoms with Gasteiger partial charge in [-0.25, -0.2) is 9.67 Å². The highest BCUT2D eigenvalue weighted by Crippen LogP contribution is 2.27. The lowest BCUT2D eigenvalue weighted by Gasteiger charge is -2.13. The molecule has 4 aromatic rings. The third-order valence-corrected chi connectivity index (χ3v) is 5.95. The number of aryl methyl sites for hydroxylation is 1. The van der Waals surface area contributed by atoms with E-state index < -0.39 is 6.04 Å². The van der Waals surface area contributed by atoms with E-state index in [9.17, 15) is 9.59 Å². The highest BCUT2D eigenvalue weighted by Gasteiger charge is 2.19. The van der Waals surface area contributed by atoms with Gasteiger partial charge in [0.25, 0.3) is 11.5 Å². The number of carbonyl (C=O) groups is 1. The van der Waals surface area contributed by atoms with Crippen LogP contribution < -0.4 is 10.9 Å². The van der Waals surface area contributed by atoms with Crippen LogP contribution in [-0.2, 0) is 4.79 Å². The lowest BCUT2D eigenvalue weighted by molar-refractivity contribution is -0.119. The molecule has 1 unspecified atom stereocenters. The van der Waals surface area contributed by atoms with Crippen molar-refractivity contribution in [1.82, 2.24) is 14.8 Å². The van der Waals surface area contributed by atoms with E-state index in [-0.39, 0.29) is 11.5 Å². The first-order chi connectivity index (χ1) is 13.0. The number of anilines is 1. The van der Waals surface area contributed by atoms with Crippen molar-refractivity contribution >= 4 is 43.9 Å². The largest absolute Gasteiger partial charge is 0.300 e. The third-order valence-electron chi connectivity index (χ3n) is 4.12. The smallest absolute Gasteiger partial charge is 0.267 e. The van der Waals surface area contributed by atoms with Crippen molar-refractivity contribution in [1.29, 1.82) is 0 Å². The molecule has 0 aliphatic rings. The Morgan fingerprint density at radius 3 is 2.85 bits per heavy atom. The predicted octanol–water partition coefficient (Wildman–Crippen LogP) is 4.09. The number of carbonyl (C=O) groups excluding carboxylic acids is 1. The van der Waals surface area contributed by atoms with Gasteiger partial charge < -0.3 is 5.32 Å². The number of thiazole rings is 1. The van der Waals surface area contributed by atoms with Gasteiger partial charge in [-0.15, -0.1) is 11.3 Å². The summed E-state index contributed by atoms with van der Waals surface area (Å²) in [6, 6.07) is 12.1. The van der Waals surface area contributed by atoms with Crippen molar-refractivity contribution in [2.45, 2.75) is 19.9 Å². The summed E-state index contributed by atoms with van der Waals surface area (Å²) in [6.07, 6.45) is 0. The van der Waals surface area contributed by atoms with Gasteiger partial charge in [0.2, 0.25) is 0 Å². The monoisotopic (exact) mass is 396 g/mol. The summed E-state index contributed by atoms with van der Waals surface area (Å²) < 4.78 is 2.22. The summed E-state index contributed by atoms with van der Waals surface area (Å²) in [5.74, 6) is -0.330. The molecule has 3 heterocycles. The second-order valence-electron chi connectivity index (χ2n) is 6.13. The van der Waals surface area contributed by atoms with Gasteiger partial charge in [0, 0.05) is 6.07 Å². The van der Waals surface area contributed by atoms with Crippen molar-refractivity contribution < 1.29 is 4.79 Å². The molecule has 0 bridgehead atoms. The maximum absolute atomic E-state index is 12.7. The Hall–Kier alpha value is -2.84. The van der Waals surface area contributed by atoms with Gasteiger partial charge in [-0.05, 0) is 49.1 Å². The van der Waals surface area contributed by atoms with Crippen LogP contribution in [0.25, 0.3) is 20.8 Å². The maximum Gasteiger partial charge on any atom is 0.267 e. The fraction of sp³-hybridized carbons (Fsp3) is 0.158. The normalized spacial score (nSPS) is 12.2. The predicted molar refractivity (Wildman–Crippen MR) is 110 cm³/mol. The molecule has 3 aromatic heterocycles. The zero-order chi connectivity index (χ0) is 19.0. The molecule has 1 aromatic carbocycles.